The first kappa shape index (κ1) is 14.9. The molecule has 5 nitrogen and oxygen atoms in total. The lowest BCUT2D eigenvalue weighted by Crippen LogP contribution is -2.06. The molecule has 0 atom stereocenters. The van der Waals surface area contributed by atoms with Gasteiger partial charge in [0.25, 0.3) is 0 Å². The Kier molecular flexibility index (Phi) is 4.35. The molecule has 2 aromatic rings. The molecule has 0 aliphatic heterocycles. The number of fused-ring (bicyclic) bond motifs is 1. The number of methoxy groups -OCH3 is 1. The largest absolute Gasteiger partial charge is 0.496 e. The van der Waals surface area contributed by atoms with Gasteiger partial charge in [0, 0.05) is 23.1 Å². The lowest BCUT2D eigenvalue weighted by atomic mass is 10.1. The Morgan fingerprint density at radius 1 is 1.45 bits per heavy atom. The highest BCUT2D eigenvalue weighted by Crippen LogP contribution is 2.35. The maximum absolute atomic E-state index is 11.1. The zero-order chi connectivity index (χ0) is 14.9. The van der Waals surface area contributed by atoms with Crippen molar-refractivity contribution in [3.63, 3.8) is 0 Å². The number of halogens is 1. The first-order valence-electron chi connectivity index (χ1n) is 6.17. The number of aliphatic carboxylic acids is 1. The third-order valence-corrected chi connectivity index (χ3v) is 4.00. The Morgan fingerprint density at radius 3 is 2.70 bits per heavy atom. The molecule has 0 spiro atoms. The highest BCUT2D eigenvalue weighted by molar-refractivity contribution is 9.10. The predicted molar refractivity (Wildman–Crippen MR) is 79.4 cm³/mol. The fraction of sp³-hybridized carbons (Fsp3) is 0.357. The molecule has 0 saturated carbocycles. The number of hydrogen-bond acceptors (Lipinski definition) is 3. The maximum Gasteiger partial charge on any atom is 0.307 e. The van der Waals surface area contributed by atoms with Gasteiger partial charge in [-0.1, -0.05) is 0 Å². The summed E-state index contributed by atoms with van der Waals surface area (Å²) in [6.45, 7) is 2.30. The number of aromatic nitrogens is 1. The molecule has 0 radical (unpaired) electrons. The molecule has 0 aliphatic rings. The monoisotopic (exact) mass is 341 g/mol. The quantitative estimate of drug-likeness (QED) is 0.875. The minimum Gasteiger partial charge on any atom is -0.496 e. The van der Waals surface area contributed by atoms with Crippen LogP contribution in [0.5, 0.6) is 5.75 Å². The number of aliphatic hydroxyl groups is 1. The topological polar surface area (TPSA) is 71.7 Å². The lowest BCUT2D eigenvalue weighted by Gasteiger charge is -2.07. The van der Waals surface area contributed by atoms with Crippen molar-refractivity contribution in [2.75, 3.05) is 13.7 Å². The third-order valence-electron chi connectivity index (χ3n) is 3.38. The Hall–Kier alpha value is -1.53. The molecule has 1 heterocycles. The third kappa shape index (κ3) is 2.53. The van der Waals surface area contributed by atoms with Crippen LogP contribution >= 0.6 is 15.9 Å². The van der Waals surface area contributed by atoms with Crippen LogP contribution in [0.3, 0.4) is 0 Å². The van der Waals surface area contributed by atoms with Gasteiger partial charge < -0.3 is 19.5 Å². The molecule has 0 saturated heterocycles. The van der Waals surface area contributed by atoms with Gasteiger partial charge >= 0.3 is 5.97 Å². The number of benzene rings is 1. The SMILES string of the molecule is COc1cc2c(CC(=O)O)c(C)n(CCO)c2cc1Br. The van der Waals surface area contributed by atoms with Crippen molar-refractivity contribution in [3.05, 3.63) is 27.9 Å². The lowest BCUT2D eigenvalue weighted by molar-refractivity contribution is -0.136. The normalized spacial score (nSPS) is 11.0. The molecule has 1 aromatic carbocycles. The summed E-state index contributed by atoms with van der Waals surface area (Å²) in [5.74, 6) is -0.219. The van der Waals surface area contributed by atoms with Crippen LogP contribution in [-0.4, -0.2) is 34.5 Å². The highest BCUT2D eigenvalue weighted by Gasteiger charge is 2.18. The van der Waals surface area contributed by atoms with Crippen LogP contribution in [0, 0.1) is 6.92 Å². The maximum atomic E-state index is 11.1. The van der Waals surface area contributed by atoms with Gasteiger partial charge in [0.15, 0.2) is 0 Å². The Bertz CT molecular complexity index is 663. The van der Waals surface area contributed by atoms with Crippen molar-refractivity contribution in [3.8, 4) is 5.75 Å². The van der Waals surface area contributed by atoms with Crippen molar-refractivity contribution >= 4 is 32.8 Å². The average molecular weight is 342 g/mol. The van der Waals surface area contributed by atoms with E-state index in [1.807, 2.05) is 23.6 Å². The van der Waals surface area contributed by atoms with Crippen LogP contribution in [0.1, 0.15) is 11.3 Å². The number of ether oxygens (including phenoxy) is 1. The summed E-state index contributed by atoms with van der Waals surface area (Å²) in [4.78, 5) is 11.1. The van der Waals surface area contributed by atoms with Gasteiger partial charge in [-0.05, 0) is 40.5 Å². The van der Waals surface area contributed by atoms with Crippen molar-refractivity contribution in [2.45, 2.75) is 19.9 Å². The molecule has 0 unspecified atom stereocenters. The van der Waals surface area contributed by atoms with E-state index in [1.54, 1.807) is 7.11 Å². The van der Waals surface area contributed by atoms with E-state index < -0.39 is 5.97 Å². The average Bonchev–Trinajstić information content (AvgIpc) is 2.63. The molecule has 20 heavy (non-hydrogen) atoms. The van der Waals surface area contributed by atoms with E-state index in [4.69, 9.17) is 9.84 Å². The zero-order valence-electron chi connectivity index (χ0n) is 11.3. The molecule has 6 heteroatoms. The van der Waals surface area contributed by atoms with E-state index in [2.05, 4.69) is 15.9 Å². The van der Waals surface area contributed by atoms with Crippen molar-refractivity contribution in [2.24, 2.45) is 0 Å². The molecular weight excluding hydrogens is 326 g/mol. The summed E-state index contributed by atoms with van der Waals surface area (Å²) in [7, 11) is 1.57. The van der Waals surface area contributed by atoms with Gasteiger partial charge in [-0.3, -0.25) is 4.79 Å². The molecule has 0 aliphatic carbocycles. The Labute approximate surface area is 124 Å². The van der Waals surface area contributed by atoms with Gasteiger partial charge in [0.05, 0.1) is 24.6 Å². The molecule has 2 rings (SSSR count). The fourth-order valence-electron chi connectivity index (χ4n) is 2.47. The Morgan fingerprint density at radius 2 is 2.15 bits per heavy atom. The number of hydrogen-bond donors (Lipinski definition) is 2. The minimum absolute atomic E-state index is 0.000773. The van der Waals surface area contributed by atoms with Crippen molar-refractivity contribution in [1.29, 1.82) is 0 Å². The van der Waals surface area contributed by atoms with E-state index in [9.17, 15) is 9.90 Å². The van der Waals surface area contributed by atoms with Gasteiger partial charge in [0.2, 0.25) is 0 Å². The van der Waals surface area contributed by atoms with E-state index in [0.717, 1.165) is 26.6 Å². The van der Waals surface area contributed by atoms with Crippen LogP contribution < -0.4 is 4.74 Å². The van der Waals surface area contributed by atoms with E-state index in [0.29, 0.717) is 12.3 Å². The molecule has 2 N–H and O–H groups in total. The smallest absolute Gasteiger partial charge is 0.307 e. The second-order valence-electron chi connectivity index (χ2n) is 4.51. The summed E-state index contributed by atoms with van der Waals surface area (Å²) >= 11 is 3.43. The fourth-order valence-corrected chi connectivity index (χ4v) is 2.96. The second kappa shape index (κ2) is 5.85. The number of carboxylic acid groups (broad SMARTS) is 1. The minimum atomic E-state index is -0.877. The first-order chi connectivity index (χ1) is 9.49. The van der Waals surface area contributed by atoms with E-state index >= 15 is 0 Å². The van der Waals surface area contributed by atoms with Crippen LogP contribution in [-0.2, 0) is 17.8 Å². The predicted octanol–water partition coefficient (Wildman–Crippen LogP) is 2.34. The number of aliphatic hydroxyl groups excluding tert-OH is 1. The van der Waals surface area contributed by atoms with Crippen LogP contribution in [0.2, 0.25) is 0 Å². The molecule has 0 amide bonds. The molecular formula is C14H16BrNO4. The Balaban J connectivity index is 2.75. The molecule has 1 aromatic heterocycles. The number of nitrogens with zero attached hydrogens (tertiary/aromatic N) is 1. The molecule has 0 bridgehead atoms. The molecule has 0 fully saturated rings. The summed E-state index contributed by atoms with van der Waals surface area (Å²) in [6, 6.07) is 3.72. The van der Waals surface area contributed by atoms with Crippen LogP contribution in [0.4, 0.5) is 0 Å². The van der Waals surface area contributed by atoms with Gasteiger partial charge in [-0.15, -0.1) is 0 Å². The zero-order valence-corrected chi connectivity index (χ0v) is 12.9. The highest BCUT2D eigenvalue weighted by atomic mass is 79.9. The number of carbonyl (C=O) groups is 1. The summed E-state index contributed by atoms with van der Waals surface area (Å²) in [6.07, 6.45) is -0.0501. The van der Waals surface area contributed by atoms with Gasteiger partial charge in [0.1, 0.15) is 5.75 Å². The standard InChI is InChI=1S/C14H16BrNO4/c1-8-9(6-14(18)19)10-5-13(20-2)11(15)7-12(10)16(8)3-4-17/h5,7,17H,3-4,6H2,1-2H3,(H,18,19). The summed E-state index contributed by atoms with van der Waals surface area (Å²) in [5, 5.41) is 19.1. The van der Waals surface area contributed by atoms with E-state index in [-0.39, 0.29) is 13.0 Å². The van der Waals surface area contributed by atoms with Gasteiger partial charge in [-0.2, -0.15) is 0 Å². The molecule has 108 valence electrons. The second-order valence-corrected chi connectivity index (χ2v) is 5.37. The summed E-state index contributed by atoms with van der Waals surface area (Å²) in [5.41, 5.74) is 2.50. The van der Waals surface area contributed by atoms with Gasteiger partial charge in [-0.25, -0.2) is 0 Å². The number of rotatable bonds is 5. The van der Waals surface area contributed by atoms with Crippen LogP contribution in [0.25, 0.3) is 10.9 Å². The van der Waals surface area contributed by atoms with Crippen molar-refractivity contribution in [1.82, 2.24) is 4.57 Å². The summed E-state index contributed by atoms with van der Waals surface area (Å²) < 4.78 is 7.99. The first-order valence-corrected chi connectivity index (χ1v) is 6.96. The number of carboxylic acids is 1. The van der Waals surface area contributed by atoms with Crippen LogP contribution in [0.15, 0.2) is 16.6 Å². The van der Waals surface area contributed by atoms with Crippen molar-refractivity contribution < 1.29 is 19.7 Å². The van der Waals surface area contributed by atoms with E-state index in [1.165, 1.54) is 0 Å².